The van der Waals surface area contributed by atoms with E-state index in [-0.39, 0.29) is 6.04 Å². The monoisotopic (exact) mass is 143 g/mol. The van der Waals surface area contributed by atoms with Crippen LogP contribution in [0.15, 0.2) is 5.11 Å². The lowest BCUT2D eigenvalue weighted by Gasteiger charge is -2.03. The molecule has 0 saturated heterocycles. The highest BCUT2D eigenvalue weighted by molar-refractivity contribution is 5.83. The van der Waals surface area contributed by atoms with Gasteiger partial charge in [-0.3, -0.25) is 0 Å². The van der Waals surface area contributed by atoms with Gasteiger partial charge in [0.1, 0.15) is 0 Å². The Kier molecular flexibility index (Phi) is 4.66. The molecule has 1 unspecified atom stereocenters. The molecule has 0 saturated carbocycles. The van der Waals surface area contributed by atoms with Gasteiger partial charge < -0.3 is 10.1 Å². The summed E-state index contributed by atoms with van der Waals surface area (Å²) >= 11 is 0. The van der Waals surface area contributed by atoms with Crippen LogP contribution in [0.2, 0.25) is 0 Å². The SMILES string of the molecule is COCC(=N)CC(C)N=N. The van der Waals surface area contributed by atoms with Crippen LogP contribution in [0.25, 0.3) is 0 Å². The molecule has 0 fully saturated rings. The summed E-state index contributed by atoms with van der Waals surface area (Å²) in [5, 5.41) is 10.5. The highest BCUT2D eigenvalue weighted by Gasteiger charge is 2.02. The van der Waals surface area contributed by atoms with Crippen LogP contribution in [0.4, 0.5) is 0 Å². The van der Waals surface area contributed by atoms with Crippen molar-refractivity contribution >= 4 is 5.71 Å². The molecule has 0 aromatic carbocycles. The summed E-state index contributed by atoms with van der Waals surface area (Å²) < 4.78 is 4.72. The van der Waals surface area contributed by atoms with E-state index in [0.717, 1.165) is 0 Å². The van der Waals surface area contributed by atoms with Gasteiger partial charge in [-0.1, -0.05) is 0 Å². The van der Waals surface area contributed by atoms with E-state index in [1.165, 1.54) is 0 Å². The summed E-state index contributed by atoms with van der Waals surface area (Å²) in [6.45, 7) is 2.15. The first-order valence-electron chi connectivity index (χ1n) is 3.12. The molecule has 0 aliphatic heterocycles. The largest absolute Gasteiger partial charge is 0.379 e. The van der Waals surface area contributed by atoms with Crippen LogP contribution < -0.4 is 0 Å². The Morgan fingerprint density at radius 2 is 2.30 bits per heavy atom. The molecule has 58 valence electrons. The molecule has 0 spiro atoms. The van der Waals surface area contributed by atoms with Gasteiger partial charge in [0.25, 0.3) is 0 Å². The number of hydrogen-bond acceptors (Lipinski definition) is 4. The molecule has 0 aromatic rings. The van der Waals surface area contributed by atoms with E-state index in [2.05, 4.69) is 5.11 Å². The summed E-state index contributed by atoms with van der Waals surface area (Å²) in [4.78, 5) is 0. The highest BCUT2D eigenvalue weighted by Crippen LogP contribution is 1.96. The van der Waals surface area contributed by atoms with Crippen molar-refractivity contribution in [3.63, 3.8) is 0 Å². The van der Waals surface area contributed by atoms with Crippen LogP contribution >= 0.6 is 0 Å². The predicted octanol–water partition coefficient (Wildman–Crippen LogP) is 1.46. The van der Waals surface area contributed by atoms with E-state index in [9.17, 15) is 0 Å². The zero-order chi connectivity index (χ0) is 7.98. The summed E-state index contributed by atoms with van der Waals surface area (Å²) in [7, 11) is 1.55. The average molecular weight is 143 g/mol. The smallest absolute Gasteiger partial charge is 0.0838 e. The summed E-state index contributed by atoms with van der Waals surface area (Å²) in [5.74, 6) is 0. The Hall–Kier alpha value is -0.770. The molecule has 0 aliphatic carbocycles. The zero-order valence-corrected chi connectivity index (χ0v) is 6.35. The van der Waals surface area contributed by atoms with Gasteiger partial charge in [-0.15, -0.1) is 0 Å². The summed E-state index contributed by atoms with van der Waals surface area (Å²) in [6.07, 6.45) is 0.525. The predicted molar refractivity (Wildman–Crippen MR) is 38.8 cm³/mol. The molecule has 4 nitrogen and oxygen atoms in total. The van der Waals surface area contributed by atoms with Crippen molar-refractivity contribution in [3.05, 3.63) is 0 Å². The van der Waals surface area contributed by atoms with Crippen molar-refractivity contribution in [2.45, 2.75) is 19.4 Å². The normalized spacial score (nSPS) is 12.6. The fourth-order valence-electron chi connectivity index (χ4n) is 0.635. The topological polar surface area (TPSA) is 69.3 Å². The van der Waals surface area contributed by atoms with Crippen molar-refractivity contribution in [2.24, 2.45) is 5.11 Å². The van der Waals surface area contributed by atoms with Gasteiger partial charge in [-0.2, -0.15) is 5.11 Å². The van der Waals surface area contributed by atoms with Gasteiger partial charge in [0.15, 0.2) is 0 Å². The molecule has 4 heteroatoms. The van der Waals surface area contributed by atoms with Crippen molar-refractivity contribution in [2.75, 3.05) is 13.7 Å². The fourth-order valence-corrected chi connectivity index (χ4v) is 0.635. The van der Waals surface area contributed by atoms with Crippen molar-refractivity contribution in [3.8, 4) is 0 Å². The lowest BCUT2D eigenvalue weighted by molar-refractivity contribution is 0.242. The molecule has 0 bridgehead atoms. The third-order valence-electron chi connectivity index (χ3n) is 1.08. The van der Waals surface area contributed by atoms with E-state index in [1.807, 2.05) is 0 Å². The van der Waals surface area contributed by atoms with Crippen LogP contribution in [-0.4, -0.2) is 25.5 Å². The van der Waals surface area contributed by atoms with E-state index in [0.29, 0.717) is 18.7 Å². The quantitative estimate of drug-likeness (QED) is 0.444. The lowest BCUT2D eigenvalue weighted by atomic mass is 10.2. The van der Waals surface area contributed by atoms with Crippen molar-refractivity contribution in [1.29, 1.82) is 10.9 Å². The van der Waals surface area contributed by atoms with Crippen molar-refractivity contribution < 1.29 is 4.74 Å². The number of hydrogen-bond donors (Lipinski definition) is 2. The second-order valence-corrected chi connectivity index (χ2v) is 2.22. The zero-order valence-electron chi connectivity index (χ0n) is 6.35. The number of rotatable bonds is 5. The van der Waals surface area contributed by atoms with E-state index >= 15 is 0 Å². The maximum atomic E-state index is 7.25. The van der Waals surface area contributed by atoms with Gasteiger partial charge in [-0.05, 0) is 6.92 Å². The molecule has 10 heavy (non-hydrogen) atoms. The Morgan fingerprint density at radius 1 is 1.70 bits per heavy atom. The highest BCUT2D eigenvalue weighted by atomic mass is 16.5. The van der Waals surface area contributed by atoms with E-state index in [4.69, 9.17) is 15.7 Å². The minimum atomic E-state index is -0.0809. The number of methoxy groups -OCH3 is 1. The van der Waals surface area contributed by atoms with E-state index in [1.54, 1.807) is 14.0 Å². The van der Waals surface area contributed by atoms with Gasteiger partial charge in [0.05, 0.1) is 12.6 Å². The molecule has 0 rings (SSSR count). The molecular formula is C6H13N3O. The minimum Gasteiger partial charge on any atom is -0.379 e. The molecule has 0 radical (unpaired) electrons. The molecular weight excluding hydrogens is 130 g/mol. The molecule has 0 aliphatic rings. The maximum absolute atomic E-state index is 7.25. The van der Waals surface area contributed by atoms with Gasteiger partial charge >= 0.3 is 0 Å². The minimum absolute atomic E-state index is 0.0809. The maximum Gasteiger partial charge on any atom is 0.0838 e. The Bertz CT molecular complexity index is 124. The van der Waals surface area contributed by atoms with Gasteiger partial charge in [-0.25, -0.2) is 5.53 Å². The fraction of sp³-hybridized carbons (Fsp3) is 0.833. The lowest BCUT2D eigenvalue weighted by Crippen LogP contribution is -2.11. The van der Waals surface area contributed by atoms with E-state index < -0.39 is 0 Å². The first-order chi connectivity index (χ1) is 4.70. The van der Waals surface area contributed by atoms with Gasteiger partial charge in [0, 0.05) is 19.2 Å². The van der Waals surface area contributed by atoms with Crippen molar-refractivity contribution in [1.82, 2.24) is 0 Å². The molecule has 0 amide bonds. The molecule has 0 heterocycles. The van der Waals surface area contributed by atoms with Crippen LogP contribution in [0.3, 0.4) is 0 Å². The first-order valence-corrected chi connectivity index (χ1v) is 3.12. The first kappa shape index (κ1) is 9.23. The van der Waals surface area contributed by atoms with Crippen LogP contribution in [-0.2, 0) is 4.74 Å². The third-order valence-corrected chi connectivity index (χ3v) is 1.08. The number of nitrogens with one attached hydrogen (secondary N) is 2. The Labute approximate surface area is 60.6 Å². The Morgan fingerprint density at radius 3 is 2.70 bits per heavy atom. The Balaban J connectivity index is 3.46. The van der Waals surface area contributed by atoms with Crippen LogP contribution in [0, 0.1) is 10.9 Å². The molecule has 0 aromatic heterocycles. The number of nitrogens with zero attached hydrogens (tertiary/aromatic N) is 1. The molecule has 2 N–H and O–H groups in total. The third kappa shape index (κ3) is 4.14. The summed E-state index contributed by atoms with van der Waals surface area (Å²) in [5.41, 5.74) is 7.11. The second kappa shape index (κ2) is 5.05. The van der Waals surface area contributed by atoms with Gasteiger partial charge in [0.2, 0.25) is 0 Å². The second-order valence-electron chi connectivity index (χ2n) is 2.22. The van der Waals surface area contributed by atoms with Crippen LogP contribution in [0.1, 0.15) is 13.3 Å². The van der Waals surface area contributed by atoms with Crippen LogP contribution in [0.5, 0.6) is 0 Å². The molecule has 1 atom stereocenters. The standard InChI is InChI=1S/C6H13N3O/c1-5(9-8)3-6(7)4-10-2/h5,7-8H,3-4H2,1-2H3. The average Bonchev–Trinajstić information content (AvgIpc) is 1.88. The number of ether oxygens (including phenoxy) is 1. The summed E-state index contributed by atoms with van der Waals surface area (Å²) in [6, 6.07) is -0.0809.